The number of phenols is 1. The molecular weight excluding hydrogens is 1100 g/mol. The minimum absolute atomic E-state index is 0.0222. The largest absolute Gasteiger partial charge is 0.737 e. The molecular formula is C65H74BF2N7O9S. The third-order valence-corrected chi connectivity index (χ3v) is 15.7. The smallest absolute Gasteiger partial charge is 0.508 e. The monoisotopic (exact) mass is 1180 g/mol. The summed E-state index contributed by atoms with van der Waals surface area (Å²) in [6.07, 6.45) is 7.15. The van der Waals surface area contributed by atoms with Gasteiger partial charge in [0.25, 0.3) is 10.0 Å². The normalized spacial score (nSPS) is 13.1. The number of fused-ring (bicyclic) bond motifs is 4. The Labute approximate surface area is 496 Å². The molecule has 10 rings (SSSR count). The van der Waals surface area contributed by atoms with E-state index < -0.39 is 23.0 Å². The molecule has 6 aromatic rings. The molecule has 0 bridgehead atoms. The molecule has 0 fully saturated rings. The number of esters is 1. The molecule has 0 saturated heterocycles. The zero-order valence-corrected chi connectivity index (χ0v) is 51.4. The van der Waals surface area contributed by atoms with Crippen molar-refractivity contribution in [3.63, 3.8) is 0 Å². The predicted octanol–water partition coefficient (Wildman–Crippen LogP) is 14.1. The van der Waals surface area contributed by atoms with Crippen molar-refractivity contribution < 1.29 is 50.1 Å². The van der Waals surface area contributed by atoms with Gasteiger partial charge in [-0.3, -0.25) is 14.5 Å². The van der Waals surface area contributed by atoms with Crippen molar-refractivity contribution in [2.24, 2.45) is 5.92 Å². The maximum absolute atomic E-state index is 15.1. The summed E-state index contributed by atoms with van der Waals surface area (Å²) in [4.78, 5) is 47.9. The van der Waals surface area contributed by atoms with E-state index in [2.05, 4.69) is 68.6 Å². The number of allylic oxidation sites excluding steroid dienone is 2. The van der Waals surface area contributed by atoms with Crippen LogP contribution >= 0.6 is 0 Å². The van der Waals surface area contributed by atoms with Crippen LogP contribution in [0.3, 0.4) is 0 Å². The number of phenolic OH excluding ortho intramolecular Hbond substituents is 1. The number of aryl methyl sites for hydroxylation is 3. The number of halogens is 2. The first-order chi connectivity index (χ1) is 40.1. The number of benzene rings is 5. The molecule has 446 valence electrons. The Kier molecular flexibility index (Phi) is 20.2. The zero-order chi connectivity index (χ0) is 62.2. The fourth-order valence-corrected chi connectivity index (χ4v) is 11.5. The van der Waals surface area contributed by atoms with Crippen LogP contribution in [0, 0.1) is 26.7 Å². The van der Waals surface area contributed by atoms with Gasteiger partial charge in [-0.05, 0) is 127 Å². The number of carbonyl (C=O) groups excluding carboxylic acids is 2. The number of anilines is 1. The van der Waals surface area contributed by atoms with E-state index >= 15 is 8.63 Å². The van der Waals surface area contributed by atoms with Crippen molar-refractivity contribution >= 4 is 57.7 Å². The summed E-state index contributed by atoms with van der Waals surface area (Å²) in [7, 11) is -1.32. The fraction of sp³-hybridized carbons (Fsp3) is 0.308. The molecule has 2 N–H and O–H groups in total. The van der Waals surface area contributed by atoms with Gasteiger partial charge in [0, 0.05) is 73.0 Å². The summed E-state index contributed by atoms with van der Waals surface area (Å²) in [5, 5.41) is 10.8. The number of aromatic hydroxyl groups is 1. The van der Waals surface area contributed by atoms with Crippen molar-refractivity contribution in [3.8, 4) is 40.0 Å². The number of nitrogens with one attached hydrogen (secondary N) is 1. The van der Waals surface area contributed by atoms with E-state index in [-0.39, 0.29) is 39.9 Å². The summed E-state index contributed by atoms with van der Waals surface area (Å²) in [6.45, 7) is 19.3. The number of ether oxygens (including phenoxy) is 2. The molecule has 16 nitrogen and oxygen atoms in total. The van der Waals surface area contributed by atoms with Crippen LogP contribution in [0.4, 0.5) is 19.4 Å². The molecule has 2 amide bonds. The third kappa shape index (κ3) is 14.8. The van der Waals surface area contributed by atoms with E-state index in [4.69, 9.17) is 13.9 Å². The topological polar surface area (TPSA) is 199 Å². The van der Waals surface area contributed by atoms with Gasteiger partial charge in [0.1, 0.15) is 34.4 Å². The number of carbonyl (C=O) groups is 2. The number of aromatic nitrogens is 4. The van der Waals surface area contributed by atoms with Gasteiger partial charge in [-0.1, -0.05) is 116 Å². The molecule has 0 unspecified atom stereocenters. The van der Waals surface area contributed by atoms with E-state index in [1.54, 1.807) is 50.2 Å². The highest BCUT2D eigenvalue weighted by Gasteiger charge is 2.52. The molecule has 5 heterocycles. The van der Waals surface area contributed by atoms with E-state index in [1.807, 2.05) is 98.3 Å². The van der Waals surface area contributed by atoms with Crippen LogP contribution in [0.15, 0.2) is 147 Å². The highest BCUT2D eigenvalue weighted by molar-refractivity contribution is 7.90. The van der Waals surface area contributed by atoms with Crippen molar-refractivity contribution in [2.45, 2.75) is 119 Å². The van der Waals surface area contributed by atoms with Gasteiger partial charge in [0.05, 0.1) is 12.0 Å². The first kappa shape index (κ1) is 63.8. The molecule has 0 radical (unpaired) electrons. The van der Waals surface area contributed by atoms with Gasteiger partial charge < -0.3 is 36.6 Å². The highest BCUT2D eigenvalue weighted by Crippen LogP contribution is 2.43. The molecule has 0 atom stereocenters. The van der Waals surface area contributed by atoms with Gasteiger partial charge in [0.2, 0.25) is 5.95 Å². The van der Waals surface area contributed by atoms with Gasteiger partial charge >= 0.3 is 25.0 Å². The SMILES string of the molecule is CC(=O)Oc1ccccc1C(C)C.CC(C)c1ccccc1-c1c2ccc(=O)cc-2oc2cc(O)ccc12.COc1nc(C)nc(N(C)C(=O)NS(=O)(=O)c2ccccc2C(C)C)n1.Cc1cc(C)n2c1C=C1C=CC(CCC(C)C)=[N+]1[B-]2(F)F. The van der Waals surface area contributed by atoms with Crippen LogP contribution in [0.1, 0.15) is 132 Å². The van der Waals surface area contributed by atoms with Gasteiger partial charge in [-0.15, -0.1) is 0 Å². The van der Waals surface area contributed by atoms with Crippen molar-refractivity contribution in [1.82, 2.24) is 24.2 Å². The van der Waals surface area contributed by atoms with Crippen molar-refractivity contribution in [3.05, 3.63) is 183 Å². The van der Waals surface area contributed by atoms with Gasteiger partial charge in [0.15, 0.2) is 11.1 Å². The lowest BCUT2D eigenvalue weighted by atomic mass is 9.87. The Balaban J connectivity index is 0.000000167. The van der Waals surface area contributed by atoms with Crippen LogP contribution in [0.5, 0.6) is 17.5 Å². The number of hydrogen-bond acceptors (Lipinski definition) is 12. The standard InChI is InChI=1S/C22H18O3.C16H21BF2N2.C16H21N5O4S.C11H14O2/c1-13(2)16-5-3-4-6-17(16)22-18-9-7-14(23)11-20(18)25-21-12-15(24)8-10-19(21)22;1-11(2)5-6-14-7-8-15-10-16-12(3)9-13(4)20(16)17(18,19)21(14)15;1-10(2)12-8-6-7-9-13(12)26(23,24)20-16(22)21(4)14-17-11(3)18-15(19-14)25-5;1-8(2)10-6-4-5-7-11(10)13-9(3)12/h3-13,23H,1-2H3;7-11H,5-6H2,1-4H3;6-10H,1-5H3,(H,20,22);4-8H,1-3H3. The van der Waals surface area contributed by atoms with E-state index in [0.29, 0.717) is 69.7 Å². The van der Waals surface area contributed by atoms with Crippen LogP contribution < -0.4 is 24.5 Å². The molecule has 20 heteroatoms. The van der Waals surface area contributed by atoms with Crippen molar-refractivity contribution in [2.75, 3.05) is 19.1 Å². The Morgan fingerprint density at radius 3 is 2.07 bits per heavy atom. The molecule has 85 heavy (non-hydrogen) atoms. The molecule has 4 aliphatic rings. The lowest BCUT2D eigenvalue weighted by molar-refractivity contribution is -0.362. The summed E-state index contributed by atoms with van der Waals surface area (Å²) in [6, 6.07) is 33.4. The number of rotatable bonds is 12. The second kappa shape index (κ2) is 26.9. The number of sulfonamides is 1. The first-order valence-corrected chi connectivity index (χ1v) is 29.6. The number of para-hydroxylation sites is 1. The summed E-state index contributed by atoms with van der Waals surface area (Å²) >= 11 is 0. The minimum Gasteiger partial charge on any atom is -0.508 e. The van der Waals surface area contributed by atoms with Crippen LogP contribution in [0.2, 0.25) is 0 Å². The second-order valence-electron chi connectivity index (χ2n) is 22.2. The molecule has 4 aromatic carbocycles. The van der Waals surface area contributed by atoms with E-state index in [1.165, 1.54) is 47.7 Å². The lowest BCUT2D eigenvalue weighted by Crippen LogP contribution is -2.50. The van der Waals surface area contributed by atoms with Gasteiger partial charge in [-0.2, -0.15) is 15.0 Å². The van der Waals surface area contributed by atoms with Gasteiger partial charge in [-0.25, -0.2) is 17.9 Å². The molecule has 2 aromatic heterocycles. The Bertz CT molecular complexity index is 4020. The number of amides is 2. The minimum atomic E-state index is -4.06. The zero-order valence-electron chi connectivity index (χ0n) is 50.6. The van der Waals surface area contributed by atoms with Crippen molar-refractivity contribution in [1.29, 1.82) is 0 Å². The molecule has 1 aliphatic carbocycles. The average molecular weight is 1180 g/mol. The number of urea groups is 1. The second-order valence-corrected chi connectivity index (χ2v) is 23.8. The Hall–Kier alpha value is -8.78. The maximum Gasteiger partial charge on any atom is 0.737 e. The molecule has 3 aliphatic heterocycles. The summed E-state index contributed by atoms with van der Waals surface area (Å²) in [5.41, 5.74) is 9.94. The highest BCUT2D eigenvalue weighted by atomic mass is 32.2. The number of nitrogens with zero attached hydrogens (tertiary/aromatic N) is 6. The quantitative estimate of drug-likeness (QED) is 0.0508. The Morgan fingerprint density at radius 2 is 1.42 bits per heavy atom. The van der Waals surface area contributed by atoms with Crippen LogP contribution in [-0.2, 0) is 14.8 Å². The first-order valence-electron chi connectivity index (χ1n) is 28.1. The number of methoxy groups -OCH3 is 1. The maximum atomic E-state index is 15.1. The summed E-state index contributed by atoms with van der Waals surface area (Å²) in [5.74, 6) is 2.58. The van der Waals surface area contributed by atoms with Crippen LogP contribution in [0.25, 0.3) is 39.5 Å². The number of hydrogen-bond donors (Lipinski definition) is 2. The van der Waals surface area contributed by atoms with E-state index in [0.717, 1.165) is 50.2 Å². The lowest BCUT2D eigenvalue weighted by Gasteiger charge is -2.30. The predicted molar refractivity (Wildman–Crippen MR) is 332 cm³/mol. The third-order valence-electron chi connectivity index (χ3n) is 14.3. The summed E-state index contributed by atoms with van der Waals surface area (Å²) < 4.78 is 75.8. The average Bonchev–Trinajstić information content (AvgIpc) is 2.61. The van der Waals surface area contributed by atoms with Crippen LogP contribution in [-0.4, -0.2) is 76.3 Å². The molecule has 0 spiro atoms. The van der Waals surface area contributed by atoms with E-state index in [9.17, 15) is 27.9 Å². The fourth-order valence-electron chi connectivity index (χ4n) is 10.1. The Morgan fingerprint density at radius 1 is 0.788 bits per heavy atom. The molecule has 0 saturated carbocycles.